The number of hydrogen-bond acceptors (Lipinski definition) is 7. The summed E-state index contributed by atoms with van der Waals surface area (Å²) in [6.45, 7) is -0.469. The van der Waals surface area contributed by atoms with Crippen molar-refractivity contribution in [2.45, 2.75) is 24.6 Å². The van der Waals surface area contributed by atoms with Crippen LogP contribution in [0.25, 0.3) is 11.2 Å². The summed E-state index contributed by atoms with van der Waals surface area (Å²) < 4.78 is 25.7. The second-order valence-electron chi connectivity index (χ2n) is 4.40. The van der Waals surface area contributed by atoms with Crippen molar-refractivity contribution >= 4 is 11.2 Å². The van der Waals surface area contributed by atoms with E-state index in [1.165, 1.54) is 24.2 Å². The third kappa shape index (κ3) is 1.90. The van der Waals surface area contributed by atoms with Gasteiger partial charge >= 0.3 is 6.01 Å². The minimum Gasteiger partial charge on any atom is -0.467 e. The molecule has 0 spiro atoms. The average Bonchev–Trinajstić information content (AvgIpc) is 3.01. The molecule has 8 nitrogen and oxygen atoms in total. The maximum atomic E-state index is 14.1. The van der Waals surface area contributed by atoms with Gasteiger partial charge in [0.15, 0.2) is 18.0 Å². The van der Waals surface area contributed by atoms with Crippen LogP contribution in [0.1, 0.15) is 6.23 Å². The van der Waals surface area contributed by atoms with Crippen LogP contribution in [-0.4, -0.2) is 61.8 Å². The van der Waals surface area contributed by atoms with Crippen molar-refractivity contribution in [2.75, 3.05) is 13.7 Å². The predicted molar refractivity (Wildman–Crippen MR) is 63.8 cm³/mol. The van der Waals surface area contributed by atoms with Gasteiger partial charge in [-0.25, -0.2) is 14.4 Å². The number of aliphatic hydroxyl groups excluding tert-OH is 2. The van der Waals surface area contributed by atoms with E-state index in [2.05, 4.69) is 15.0 Å². The highest BCUT2D eigenvalue weighted by Gasteiger charge is 2.45. The summed E-state index contributed by atoms with van der Waals surface area (Å²) in [6, 6.07) is 0.118. The van der Waals surface area contributed by atoms with Crippen molar-refractivity contribution in [3.8, 4) is 6.01 Å². The summed E-state index contributed by atoms with van der Waals surface area (Å²) in [4.78, 5) is 12.0. The molecule has 1 fully saturated rings. The van der Waals surface area contributed by atoms with Gasteiger partial charge in [-0.1, -0.05) is 0 Å². The van der Waals surface area contributed by atoms with E-state index >= 15 is 0 Å². The number of methoxy groups -OCH3 is 1. The molecule has 1 aliphatic heterocycles. The molecule has 0 bridgehead atoms. The molecule has 0 amide bonds. The molecule has 3 rings (SSSR count). The molecule has 0 unspecified atom stereocenters. The molecule has 0 aromatic carbocycles. The van der Waals surface area contributed by atoms with Crippen LogP contribution in [0.15, 0.2) is 12.5 Å². The van der Waals surface area contributed by atoms with Gasteiger partial charge in [0, 0.05) is 0 Å². The average molecular weight is 284 g/mol. The standard InChI is InChI=1S/C11H13FN4O4/c1-19-11-13-2-5-9(15-11)16(4-14-5)10-7(12)8(18)6(3-17)20-10/h2,4,6-8,10,17-18H,3H2,1H3/t6-,7-,8-,10-/m1/s1. The normalized spacial score (nSPS) is 30.0. The van der Waals surface area contributed by atoms with E-state index in [0.29, 0.717) is 11.2 Å². The number of halogens is 1. The molecular formula is C11H13FN4O4. The maximum absolute atomic E-state index is 14.1. The Morgan fingerprint density at radius 2 is 2.30 bits per heavy atom. The molecule has 108 valence electrons. The minimum atomic E-state index is -1.69. The largest absolute Gasteiger partial charge is 0.467 e. The highest BCUT2D eigenvalue weighted by Crippen LogP contribution is 2.33. The molecule has 0 saturated carbocycles. The monoisotopic (exact) mass is 284 g/mol. The molecule has 2 aromatic rings. The second kappa shape index (κ2) is 4.93. The van der Waals surface area contributed by atoms with Crippen LogP contribution in [0.2, 0.25) is 0 Å². The number of ether oxygens (including phenoxy) is 2. The summed E-state index contributed by atoms with van der Waals surface area (Å²) in [5, 5.41) is 18.7. The van der Waals surface area contributed by atoms with Crippen LogP contribution in [-0.2, 0) is 4.74 Å². The highest BCUT2D eigenvalue weighted by molar-refractivity contribution is 5.69. The molecule has 1 saturated heterocycles. The van der Waals surface area contributed by atoms with E-state index in [9.17, 15) is 9.50 Å². The third-order valence-corrected chi connectivity index (χ3v) is 3.22. The Bertz CT molecular complexity index is 621. The summed E-state index contributed by atoms with van der Waals surface area (Å²) in [7, 11) is 1.41. The van der Waals surface area contributed by atoms with E-state index in [1.54, 1.807) is 0 Å². The first-order valence-electron chi connectivity index (χ1n) is 5.97. The number of alkyl halides is 1. The molecule has 0 radical (unpaired) electrons. The first-order chi connectivity index (χ1) is 9.65. The van der Waals surface area contributed by atoms with E-state index in [-0.39, 0.29) is 6.01 Å². The van der Waals surface area contributed by atoms with Crippen LogP contribution < -0.4 is 4.74 Å². The summed E-state index contributed by atoms with van der Waals surface area (Å²) >= 11 is 0. The number of nitrogens with zero attached hydrogens (tertiary/aromatic N) is 4. The SMILES string of the molecule is COc1ncc2ncn([C@@H]3O[C@H](CO)[C@@H](O)[C@H]3F)c2n1. The first-order valence-corrected chi connectivity index (χ1v) is 5.97. The zero-order chi connectivity index (χ0) is 14.3. The molecule has 2 aromatic heterocycles. The van der Waals surface area contributed by atoms with Gasteiger partial charge in [0.1, 0.15) is 17.7 Å². The third-order valence-electron chi connectivity index (χ3n) is 3.22. The van der Waals surface area contributed by atoms with Gasteiger partial charge in [-0.15, -0.1) is 0 Å². The van der Waals surface area contributed by atoms with Crippen LogP contribution >= 0.6 is 0 Å². The molecule has 9 heteroatoms. The van der Waals surface area contributed by atoms with E-state index in [4.69, 9.17) is 14.6 Å². The van der Waals surface area contributed by atoms with Crippen molar-refractivity contribution < 1.29 is 24.1 Å². The van der Waals surface area contributed by atoms with Gasteiger partial charge in [0.25, 0.3) is 0 Å². The first kappa shape index (κ1) is 13.2. The lowest BCUT2D eigenvalue weighted by atomic mass is 10.1. The zero-order valence-corrected chi connectivity index (χ0v) is 10.5. The predicted octanol–water partition coefficient (Wildman–Crippen LogP) is -0.576. The molecular weight excluding hydrogens is 271 g/mol. The van der Waals surface area contributed by atoms with Crippen molar-refractivity contribution in [2.24, 2.45) is 0 Å². The second-order valence-corrected chi connectivity index (χ2v) is 4.40. The van der Waals surface area contributed by atoms with Gasteiger partial charge < -0.3 is 19.7 Å². The molecule has 4 atom stereocenters. The van der Waals surface area contributed by atoms with Gasteiger partial charge in [-0.05, 0) is 0 Å². The van der Waals surface area contributed by atoms with Crippen LogP contribution in [0.5, 0.6) is 6.01 Å². The van der Waals surface area contributed by atoms with Gasteiger partial charge in [0.2, 0.25) is 0 Å². The number of aliphatic hydroxyl groups is 2. The Labute approximate surface area is 112 Å². The molecule has 3 heterocycles. The summed E-state index contributed by atoms with van der Waals surface area (Å²) in [6.07, 6.45) is -2.37. The van der Waals surface area contributed by atoms with Crippen LogP contribution in [0.3, 0.4) is 0 Å². The number of aromatic nitrogens is 4. The molecule has 1 aliphatic rings. The fourth-order valence-electron chi connectivity index (χ4n) is 2.17. The molecule has 0 aliphatic carbocycles. The Hall–Kier alpha value is -1.84. The smallest absolute Gasteiger partial charge is 0.318 e. The van der Waals surface area contributed by atoms with E-state index < -0.39 is 31.2 Å². The van der Waals surface area contributed by atoms with Gasteiger partial charge in [-0.2, -0.15) is 4.98 Å². The highest BCUT2D eigenvalue weighted by atomic mass is 19.1. The fraction of sp³-hybridized carbons (Fsp3) is 0.545. The van der Waals surface area contributed by atoms with Gasteiger partial charge in [0.05, 0.1) is 26.2 Å². The number of rotatable bonds is 3. The number of fused-ring (bicyclic) bond motifs is 1. The topological polar surface area (TPSA) is 103 Å². The quantitative estimate of drug-likeness (QED) is 0.777. The Morgan fingerprint density at radius 3 is 2.95 bits per heavy atom. The van der Waals surface area contributed by atoms with Crippen molar-refractivity contribution in [1.29, 1.82) is 0 Å². The van der Waals surface area contributed by atoms with Gasteiger partial charge in [-0.3, -0.25) is 4.57 Å². The van der Waals surface area contributed by atoms with Crippen LogP contribution in [0.4, 0.5) is 4.39 Å². The van der Waals surface area contributed by atoms with Crippen molar-refractivity contribution in [3.63, 3.8) is 0 Å². The van der Waals surface area contributed by atoms with E-state index in [0.717, 1.165) is 0 Å². The summed E-state index contributed by atoms with van der Waals surface area (Å²) in [5.41, 5.74) is 0.777. The Kier molecular flexibility index (Phi) is 3.24. The lowest BCUT2D eigenvalue weighted by Gasteiger charge is -2.14. The van der Waals surface area contributed by atoms with Crippen LogP contribution in [0, 0.1) is 0 Å². The lowest BCUT2D eigenvalue weighted by molar-refractivity contribution is -0.0459. The molecule has 20 heavy (non-hydrogen) atoms. The zero-order valence-electron chi connectivity index (χ0n) is 10.5. The lowest BCUT2D eigenvalue weighted by Crippen LogP contribution is -2.30. The maximum Gasteiger partial charge on any atom is 0.318 e. The number of hydrogen-bond donors (Lipinski definition) is 2. The van der Waals surface area contributed by atoms with Crippen molar-refractivity contribution in [1.82, 2.24) is 19.5 Å². The Balaban J connectivity index is 2.02. The number of imidazole rings is 1. The van der Waals surface area contributed by atoms with Crippen molar-refractivity contribution in [3.05, 3.63) is 12.5 Å². The molecule has 2 N–H and O–H groups in total. The fourth-order valence-corrected chi connectivity index (χ4v) is 2.17. The van der Waals surface area contributed by atoms with E-state index in [1.807, 2.05) is 0 Å². The summed E-state index contributed by atoms with van der Waals surface area (Å²) in [5.74, 6) is 0. The Morgan fingerprint density at radius 1 is 1.50 bits per heavy atom. The minimum absolute atomic E-state index is 0.118.